The van der Waals surface area contributed by atoms with Gasteiger partial charge in [-0.3, -0.25) is 4.57 Å². The molecule has 22 heavy (non-hydrogen) atoms. The molecule has 1 aromatic rings. The fourth-order valence-corrected chi connectivity index (χ4v) is 1.55. The number of ether oxygens (including phenoxy) is 2. The first-order valence-electron chi connectivity index (χ1n) is 6.52. The van der Waals surface area contributed by atoms with Crippen LogP contribution in [0.15, 0.2) is 17.1 Å². The molecular formula is C13H20N4O5. The molecule has 0 radical (unpaired) electrons. The zero-order valence-corrected chi connectivity index (χ0v) is 13.0. The lowest BCUT2D eigenvalue weighted by atomic mass is 10.2. The zero-order valence-electron chi connectivity index (χ0n) is 13.0. The van der Waals surface area contributed by atoms with Crippen molar-refractivity contribution in [2.24, 2.45) is 0 Å². The van der Waals surface area contributed by atoms with Gasteiger partial charge in [0.25, 0.3) is 0 Å². The Bertz CT molecular complexity index is 605. The minimum atomic E-state index is -1.09. The number of nitrogens with zero attached hydrogens (tertiary/aromatic N) is 2. The predicted molar refractivity (Wildman–Crippen MR) is 78.1 cm³/mol. The van der Waals surface area contributed by atoms with E-state index >= 15 is 0 Å². The van der Waals surface area contributed by atoms with E-state index in [4.69, 9.17) is 10.5 Å². The number of esters is 1. The number of anilines is 1. The molecule has 0 spiro atoms. The summed E-state index contributed by atoms with van der Waals surface area (Å²) in [5.74, 6) is -0.648. The van der Waals surface area contributed by atoms with Crippen LogP contribution in [-0.2, 0) is 20.8 Å². The monoisotopic (exact) mass is 312 g/mol. The molecule has 0 saturated carbocycles. The molecule has 1 amide bonds. The molecule has 0 aromatic carbocycles. The molecule has 1 atom stereocenters. The maximum atomic E-state index is 11.8. The third-order valence-electron chi connectivity index (χ3n) is 2.45. The van der Waals surface area contributed by atoms with Crippen molar-refractivity contribution in [3.05, 3.63) is 22.7 Å². The predicted octanol–water partition coefficient (Wildman–Crippen LogP) is -0.108. The van der Waals surface area contributed by atoms with E-state index in [1.807, 2.05) is 0 Å². The third-order valence-corrected chi connectivity index (χ3v) is 2.45. The van der Waals surface area contributed by atoms with Crippen molar-refractivity contribution in [3.63, 3.8) is 0 Å². The summed E-state index contributed by atoms with van der Waals surface area (Å²) < 4.78 is 10.8. The summed E-state index contributed by atoms with van der Waals surface area (Å²) in [6, 6.07) is 0.311. The molecule has 1 aromatic heterocycles. The first-order valence-corrected chi connectivity index (χ1v) is 6.52. The summed E-state index contributed by atoms with van der Waals surface area (Å²) in [6.45, 7) is 4.91. The lowest BCUT2D eigenvalue weighted by Gasteiger charge is -2.22. The molecule has 0 aliphatic rings. The van der Waals surface area contributed by atoms with Crippen molar-refractivity contribution in [1.29, 1.82) is 0 Å². The van der Waals surface area contributed by atoms with Crippen LogP contribution in [-0.4, -0.2) is 40.4 Å². The average Bonchev–Trinajstić information content (AvgIpc) is 2.37. The van der Waals surface area contributed by atoms with Crippen LogP contribution < -0.4 is 16.7 Å². The normalized spacial score (nSPS) is 12.4. The maximum Gasteiger partial charge on any atom is 0.408 e. The molecule has 1 heterocycles. The van der Waals surface area contributed by atoms with Crippen LogP contribution in [0, 0.1) is 0 Å². The number of aromatic nitrogens is 2. The Morgan fingerprint density at radius 3 is 2.59 bits per heavy atom. The van der Waals surface area contributed by atoms with Gasteiger partial charge in [-0.1, -0.05) is 0 Å². The standard InChI is InChI=1S/C13H20N4O5/c1-13(2,3)22-12(20)15-8(10(18)21-4)7-17-6-5-9(14)16-11(17)19/h5-6,8H,7H2,1-4H3,(H,15,20)(H2,14,16,19)/t8-/m0/s1. The van der Waals surface area contributed by atoms with E-state index in [9.17, 15) is 14.4 Å². The summed E-state index contributed by atoms with van der Waals surface area (Å²) in [5.41, 5.74) is 4.03. The second kappa shape index (κ2) is 6.92. The van der Waals surface area contributed by atoms with Crippen molar-refractivity contribution in [2.45, 2.75) is 39.0 Å². The van der Waals surface area contributed by atoms with E-state index in [1.54, 1.807) is 20.8 Å². The molecule has 1 rings (SSSR count). The van der Waals surface area contributed by atoms with E-state index in [0.717, 1.165) is 4.57 Å². The number of carbonyl (C=O) groups excluding carboxylic acids is 2. The van der Waals surface area contributed by atoms with Crippen LogP contribution in [0.5, 0.6) is 0 Å². The number of alkyl carbamates (subject to hydrolysis) is 1. The fourth-order valence-electron chi connectivity index (χ4n) is 1.55. The number of rotatable bonds is 4. The molecular weight excluding hydrogens is 292 g/mol. The van der Waals surface area contributed by atoms with Gasteiger partial charge < -0.3 is 20.5 Å². The molecule has 9 heteroatoms. The largest absolute Gasteiger partial charge is 0.467 e. The van der Waals surface area contributed by atoms with Gasteiger partial charge in [-0.15, -0.1) is 0 Å². The Hall–Kier alpha value is -2.58. The number of methoxy groups -OCH3 is 1. The van der Waals surface area contributed by atoms with Gasteiger partial charge >= 0.3 is 17.8 Å². The van der Waals surface area contributed by atoms with E-state index in [-0.39, 0.29) is 12.4 Å². The SMILES string of the molecule is COC(=O)[C@H](Cn1ccc(N)nc1=O)NC(=O)OC(C)(C)C. The van der Waals surface area contributed by atoms with Crippen LogP contribution in [0.3, 0.4) is 0 Å². The number of amides is 1. The van der Waals surface area contributed by atoms with Crippen molar-refractivity contribution in [1.82, 2.24) is 14.9 Å². The summed E-state index contributed by atoms with van der Waals surface area (Å²) >= 11 is 0. The first kappa shape index (κ1) is 17.5. The molecule has 0 saturated heterocycles. The highest BCUT2D eigenvalue weighted by Crippen LogP contribution is 2.07. The highest BCUT2D eigenvalue weighted by Gasteiger charge is 2.25. The Morgan fingerprint density at radius 1 is 1.45 bits per heavy atom. The van der Waals surface area contributed by atoms with Crippen molar-refractivity contribution < 1.29 is 19.1 Å². The van der Waals surface area contributed by atoms with Gasteiger partial charge in [0.05, 0.1) is 13.7 Å². The van der Waals surface area contributed by atoms with E-state index in [0.29, 0.717) is 0 Å². The fraction of sp³-hybridized carbons (Fsp3) is 0.538. The molecule has 0 aliphatic heterocycles. The highest BCUT2D eigenvalue weighted by molar-refractivity contribution is 5.81. The van der Waals surface area contributed by atoms with Gasteiger partial charge in [0.15, 0.2) is 0 Å². The summed E-state index contributed by atoms with van der Waals surface area (Å²) in [5, 5.41) is 2.36. The first-order chi connectivity index (χ1) is 10.1. The van der Waals surface area contributed by atoms with Crippen LogP contribution >= 0.6 is 0 Å². The van der Waals surface area contributed by atoms with Gasteiger partial charge in [-0.2, -0.15) is 4.98 Å². The van der Waals surface area contributed by atoms with E-state index < -0.39 is 29.4 Å². The minimum absolute atomic E-state index is 0.0657. The van der Waals surface area contributed by atoms with Gasteiger partial charge in [0.2, 0.25) is 0 Å². The second-order valence-electron chi connectivity index (χ2n) is 5.51. The quantitative estimate of drug-likeness (QED) is 0.743. The highest BCUT2D eigenvalue weighted by atomic mass is 16.6. The lowest BCUT2D eigenvalue weighted by Crippen LogP contribution is -2.47. The number of hydrogen-bond acceptors (Lipinski definition) is 7. The van der Waals surface area contributed by atoms with Gasteiger partial charge in [-0.05, 0) is 26.8 Å². The summed E-state index contributed by atoms with van der Waals surface area (Å²) in [7, 11) is 1.18. The lowest BCUT2D eigenvalue weighted by molar-refractivity contribution is -0.143. The molecule has 3 N–H and O–H groups in total. The number of nitrogens with two attached hydrogens (primary N) is 1. The second-order valence-corrected chi connectivity index (χ2v) is 5.51. The van der Waals surface area contributed by atoms with Crippen LogP contribution in [0.1, 0.15) is 20.8 Å². The number of hydrogen-bond donors (Lipinski definition) is 2. The topological polar surface area (TPSA) is 126 Å². The maximum absolute atomic E-state index is 11.8. The van der Waals surface area contributed by atoms with E-state index in [1.165, 1.54) is 19.4 Å². The van der Waals surface area contributed by atoms with Crippen molar-refractivity contribution in [3.8, 4) is 0 Å². The molecule has 0 unspecified atom stereocenters. The van der Waals surface area contributed by atoms with Gasteiger partial charge in [0.1, 0.15) is 17.5 Å². The Balaban J connectivity index is 2.87. The van der Waals surface area contributed by atoms with Crippen LogP contribution in [0.2, 0.25) is 0 Å². The molecule has 0 bridgehead atoms. The summed E-state index contributed by atoms with van der Waals surface area (Å²) in [6.07, 6.45) is 0.580. The molecule has 122 valence electrons. The average molecular weight is 312 g/mol. The zero-order chi connectivity index (χ0) is 16.9. The van der Waals surface area contributed by atoms with Crippen molar-refractivity contribution >= 4 is 17.9 Å². The molecule has 0 fully saturated rings. The Labute approximate surface area is 127 Å². The molecule has 0 aliphatic carbocycles. The Morgan fingerprint density at radius 2 is 2.09 bits per heavy atom. The van der Waals surface area contributed by atoms with Crippen LogP contribution in [0.25, 0.3) is 0 Å². The number of carbonyl (C=O) groups is 2. The number of nitrogens with one attached hydrogen (secondary N) is 1. The summed E-state index contributed by atoms with van der Waals surface area (Å²) in [4.78, 5) is 38.7. The minimum Gasteiger partial charge on any atom is -0.467 e. The van der Waals surface area contributed by atoms with Crippen molar-refractivity contribution in [2.75, 3.05) is 12.8 Å². The third kappa shape index (κ3) is 5.43. The Kier molecular flexibility index (Phi) is 5.50. The molecule has 9 nitrogen and oxygen atoms in total. The van der Waals surface area contributed by atoms with Gasteiger partial charge in [-0.25, -0.2) is 14.4 Å². The smallest absolute Gasteiger partial charge is 0.408 e. The number of nitrogen functional groups attached to an aromatic ring is 1. The van der Waals surface area contributed by atoms with E-state index in [2.05, 4.69) is 15.0 Å². The van der Waals surface area contributed by atoms with Gasteiger partial charge in [0, 0.05) is 6.20 Å². The van der Waals surface area contributed by atoms with Crippen LogP contribution in [0.4, 0.5) is 10.6 Å².